The van der Waals surface area contributed by atoms with Crippen molar-refractivity contribution in [3.8, 4) is 0 Å². The molecule has 0 aromatic heterocycles. The highest BCUT2D eigenvalue weighted by molar-refractivity contribution is 7.90. The summed E-state index contributed by atoms with van der Waals surface area (Å²) in [4.78, 5) is 12.7. The maximum Gasteiger partial charge on any atom is 0.251 e. The van der Waals surface area contributed by atoms with Gasteiger partial charge in [0.1, 0.15) is 5.82 Å². The Balaban J connectivity index is 1.73. The summed E-state index contributed by atoms with van der Waals surface area (Å²) < 4.78 is 36.3. The van der Waals surface area contributed by atoms with Crippen LogP contribution in [0.1, 0.15) is 41.6 Å². The minimum Gasteiger partial charge on any atom is -0.351 e. The van der Waals surface area contributed by atoms with Crippen LogP contribution in [0.15, 0.2) is 53.4 Å². The van der Waals surface area contributed by atoms with E-state index in [-0.39, 0.29) is 22.0 Å². The lowest BCUT2D eigenvalue weighted by molar-refractivity contribution is 0.0943. The average molecular weight is 375 g/mol. The molecule has 0 bridgehead atoms. The highest BCUT2D eigenvalue weighted by atomic mass is 32.2. The Morgan fingerprint density at radius 2 is 1.62 bits per heavy atom. The molecule has 1 amide bonds. The fourth-order valence-corrected chi connectivity index (χ4v) is 4.26. The lowest BCUT2D eigenvalue weighted by atomic mass is 9.78. The molecule has 1 N–H and O–H groups in total. The van der Waals surface area contributed by atoms with Crippen molar-refractivity contribution in [2.45, 2.75) is 36.0 Å². The lowest BCUT2D eigenvalue weighted by Gasteiger charge is -2.30. The van der Waals surface area contributed by atoms with E-state index in [0.29, 0.717) is 12.1 Å². The van der Waals surface area contributed by atoms with E-state index in [9.17, 15) is 17.6 Å². The summed E-state index contributed by atoms with van der Waals surface area (Å²) in [5.74, 6) is -0.504. The van der Waals surface area contributed by atoms with Gasteiger partial charge < -0.3 is 5.32 Å². The van der Waals surface area contributed by atoms with Gasteiger partial charge in [0.05, 0.1) is 4.90 Å². The van der Waals surface area contributed by atoms with Crippen LogP contribution in [-0.2, 0) is 15.3 Å². The molecular weight excluding hydrogens is 353 g/mol. The van der Waals surface area contributed by atoms with Crippen LogP contribution in [0.3, 0.4) is 0 Å². The Hall–Kier alpha value is -2.21. The maximum atomic E-state index is 13.2. The Morgan fingerprint density at radius 1 is 1.04 bits per heavy atom. The Bertz CT molecular complexity index is 884. The zero-order valence-corrected chi connectivity index (χ0v) is 15.5. The predicted octanol–water partition coefficient (Wildman–Crippen LogP) is 3.47. The second-order valence-corrected chi connectivity index (χ2v) is 8.99. The van der Waals surface area contributed by atoms with Crippen LogP contribution in [0.4, 0.5) is 4.39 Å². The molecule has 0 heterocycles. The molecular formula is C20H22FNO3S. The predicted molar refractivity (Wildman–Crippen MR) is 98.4 cm³/mol. The van der Waals surface area contributed by atoms with E-state index < -0.39 is 9.84 Å². The molecule has 0 aliphatic heterocycles. The first-order chi connectivity index (χ1) is 12.3. The third-order valence-corrected chi connectivity index (χ3v) is 6.28. The van der Waals surface area contributed by atoms with Crippen LogP contribution in [-0.4, -0.2) is 27.1 Å². The third kappa shape index (κ3) is 3.96. The first-order valence-electron chi connectivity index (χ1n) is 8.65. The van der Waals surface area contributed by atoms with Gasteiger partial charge in [0.15, 0.2) is 9.84 Å². The van der Waals surface area contributed by atoms with Gasteiger partial charge in [-0.2, -0.15) is 0 Å². The van der Waals surface area contributed by atoms with E-state index in [2.05, 4.69) is 5.32 Å². The summed E-state index contributed by atoms with van der Waals surface area (Å²) >= 11 is 0. The number of amides is 1. The molecule has 2 aromatic carbocycles. The van der Waals surface area contributed by atoms with Crippen molar-refractivity contribution in [1.82, 2.24) is 5.32 Å². The van der Waals surface area contributed by atoms with Crippen LogP contribution in [0, 0.1) is 5.82 Å². The number of hydrogen-bond donors (Lipinski definition) is 1. The van der Waals surface area contributed by atoms with E-state index in [0.717, 1.165) is 37.5 Å². The Labute approximate surface area is 153 Å². The third-order valence-electron chi connectivity index (χ3n) is 5.15. The van der Waals surface area contributed by atoms with Crippen molar-refractivity contribution in [3.05, 3.63) is 65.5 Å². The number of carbonyl (C=O) groups excluding carboxylic acids is 1. The smallest absolute Gasteiger partial charge is 0.251 e. The number of carbonyl (C=O) groups is 1. The monoisotopic (exact) mass is 375 g/mol. The highest BCUT2D eigenvalue weighted by Crippen LogP contribution is 2.40. The van der Waals surface area contributed by atoms with Gasteiger partial charge in [0, 0.05) is 23.8 Å². The zero-order chi connectivity index (χ0) is 18.8. The van der Waals surface area contributed by atoms with Crippen molar-refractivity contribution in [1.29, 1.82) is 0 Å². The van der Waals surface area contributed by atoms with E-state index in [1.807, 2.05) is 0 Å². The van der Waals surface area contributed by atoms with Crippen molar-refractivity contribution in [3.63, 3.8) is 0 Å². The Kier molecular flexibility index (Phi) is 5.14. The zero-order valence-electron chi connectivity index (χ0n) is 14.7. The van der Waals surface area contributed by atoms with Gasteiger partial charge >= 0.3 is 0 Å². The van der Waals surface area contributed by atoms with Gasteiger partial charge in [0.25, 0.3) is 5.91 Å². The molecule has 0 saturated heterocycles. The van der Waals surface area contributed by atoms with E-state index in [1.54, 1.807) is 12.1 Å². The van der Waals surface area contributed by atoms with E-state index in [1.165, 1.54) is 36.4 Å². The topological polar surface area (TPSA) is 63.2 Å². The highest BCUT2D eigenvalue weighted by Gasteiger charge is 2.36. The summed E-state index contributed by atoms with van der Waals surface area (Å²) in [7, 11) is -3.28. The fourth-order valence-electron chi connectivity index (χ4n) is 3.63. The normalized spacial score (nSPS) is 16.4. The number of benzene rings is 2. The van der Waals surface area contributed by atoms with Crippen LogP contribution in [0.5, 0.6) is 0 Å². The minimum absolute atomic E-state index is 0.171. The van der Waals surface area contributed by atoms with Gasteiger partial charge in [0.2, 0.25) is 0 Å². The fraction of sp³-hybridized carbons (Fsp3) is 0.350. The average Bonchev–Trinajstić information content (AvgIpc) is 3.10. The summed E-state index contributed by atoms with van der Waals surface area (Å²) in [5.41, 5.74) is 1.30. The van der Waals surface area contributed by atoms with E-state index in [4.69, 9.17) is 0 Å². The number of hydrogen-bond acceptors (Lipinski definition) is 3. The van der Waals surface area contributed by atoms with Gasteiger partial charge in [-0.15, -0.1) is 0 Å². The lowest BCUT2D eigenvalue weighted by Crippen LogP contribution is -2.39. The summed E-state index contributed by atoms with van der Waals surface area (Å²) in [6.45, 7) is 0.477. The van der Waals surface area contributed by atoms with Crippen LogP contribution in [0.2, 0.25) is 0 Å². The molecule has 4 nitrogen and oxygen atoms in total. The van der Waals surface area contributed by atoms with Crippen molar-refractivity contribution in [2.75, 3.05) is 12.8 Å². The Morgan fingerprint density at radius 3 is 2.15 bits per heavy atom. The molecule has 2 aromatic rings. The number of sulfone groups is 1. The molecule has 1 aliphatic rings. The van der Waals surface area contributed by atoms with Crippen LogP contribution < -0.4 is 5.32 Å². The quantitative estimate of drug-likeness (QED) is 0.870. The number of rotatable bonds is 5. The van der Waals surface area contributed by atoms with Crippen LogP contribution >= 0.6 is 0 Å². The summed E-state index contributed by atoms with van der Waals surface area (Å²) in [6, 6.07) is 12.4. The number of nitrogens with one attached hydrogen (secondary N) is 1. The maximum absolute atomic E-state index is 13.2. The van der Waals surface area contributed by atoms with E-state index >= 15 is 0 Å². The molecule has 3 rings (SSSR count). The molecule has 6 heteroatoms. The van der Waals surface area contributed by atoms with Crippen molar-refractivity contribution >= 4 is 15.7 Å². The molecule has 1 aliphatic carbocycles. The molecule has 26 heavy (non-hydrogen) atoms. The van der Waals surface area contributed by atoms with Crippen molar-refractivity contribution in [2.24, 2.45) is 0 Å². The number of halogens is 1. The van der Waals surface area contributed by atoms with Gasteiger partial charge in [-0.25, -0.2) is 12.8 Å². The van der Waals surface area contributed by atoms with Crippen LogP contribution in [0.25, 0.3) is 0 Å². The molecule has 138 valence electrons. The molecule has 1 saturated carbocycles. The second kappa shape index (κ2) is 7.19. The molecule has 0 atom stereocenters. The minimum atomic E-state index is -3.28. The first kappa shape index (κ1) is 18.6. The van der Waals surface area contributed by atoms with Gasteiger partial charge in [-0.3, -0.25) is 4.79 Å². The molecule has 0 unspecified atom stereocenters. The largest absolute Gasteiger partial charge is 0.351 e. The SMILES string of the molecule is CS(=O)(=O)c1ccc(C(=O)NCC2(c3ccc(F)cc3)CCCC2)cc1. The second-order valence-electron chi connectivity index (χ2n) is 6.97. The molecule has 1 fully saturated rings. The molecule has 0 spiro atoms. The standard InChI is InChI=1S/C20H22FNO3S/c1-26(24,25)18-10-4-15(5-11-18)19(23)22-14-20(12-2-3-13-20)16-6-8-17(21)9-7-16/h4-11H,2-3,12-14H2,1H3,(H,22,23). The van der Waals surface area contributed by atoms with Gasteiger partial charge in [-0.05, 0) is 54.8 Å². The molecule has 0 radical (unpaired) electrons. The summed E-state index contributed by atoms with van der Waals surface area (Å²) in [6.07, 6.45) is 5.19. The van der Waals surface area contributed by atoms with Gasteiger partial charge in [-0.1, -0.05) is 25.0 Å². The van der Waals surface area contributed by atoms with Crippen molar-refractivity contribution < 1.29 is 17.6 Å². The summed E-state index contributed by atoms with van der Waals surface area (Å²) in [5, 5.41) is 2.97. The first-order valence-corrected chi connectivity index (χ1v) is 10.5.